The fourth-order valence-electron chi connectivity index (χ4n) is 3.26. The minimum Gasteiger partial charge on any atom is -0.495 e. The molecule has 2 N–H and O–H groups in total. The van der Waals surface area contributed by atoms with Gasteiger partial charge in [0.25, 0.3) is 0 Å². The number of nitrogens with one attached hydrogen (secondary N) is 2. The van der Waals surface area contributed by atoms with Gasteiger partial charge < -0.3 is 14.6 Å². The number of aromatic amines is 1. The Morgan fingerprint density at radius 2 is 1.96 bits per heavy atom. The van der Waals surface area contributed by atoms with Gasteiger partial charge in [0, 0.05) is 29.3 Å². The molecule has 0 atom stereocenters. The maximum Gasteiger partial charge on any atom is 0.181 e. The van der Waals surface area contributed by atoms with Crippen LogP contribution in [0.5, 0.6) is 5.75 Å². The van der Waals surface area contributed by atoms with E-state index in [1.165, 1.54) is 5.56 Å². The van der Waals surface area contributed by atoms with Crippen LogP contribution in [0.3, 0.4) is 0 Å². The van der Waals surface area contributed by atoms with E-state index in [4.69, 9.17) is 9.26 Å². The Kier molecular flexibility index (Phi) is 4.32. The molecular formula is C21H22N4O2. The van der Waals surface area contributed by atoms with E-state index >= 15 is 0 Å². The monoisotopic (exact) mass is 362 g/mol. The van der Waals surface area contributed by atoms with Crippen molar-refractivity contribution < 1.29 is 9.26 Å². The van der Waals surface area contributed by atoms with Gasteiger partial charge in [-0.15, -0.1) is 0 Å². The van der Waals surface area contributed by atoms with E-state index in [-0.39, 0.29) is 5.41 Å². The molecule has 0 bridgehead atoms. The summed E-state index contributed by atoms with van der Waals surface area (Å²) < 4.78 is 11.2. The molecule has 0 fully saturated rings. The molecule has 0 amide bonds. The van der Waals surface area contributed by atoms with E-state index in [9.17, 15) is 0 Å². The molecule has 4 aromatic rings. The fraction of sp³-hybridized carbons (Fsp3) is 0.238. The lowest BCUT2D eigenvalue weighted by molar-refractivity contribution is 0.421. The highest BCUT2D eigenvalue weighted by Gasteiger charge is 2.23. The maximum atomic E-state index is 5.72. The molecule has 0 saturated carbocycles. The second-order valence-electron chi connectivity index (χ2n) is 7.14. The van der Waals surface area contributed by atoms with E-state index in [2.05, 4.69) is 58.8 Å². The summed E-state index contributed by atoms with van der Waals surface area (Å²) in [6, 6.07) is 14.3. The molecule has 6 heteroatoms. The number of methoxy groups -OCH3 is 1. The first-order valence-corrected chi connectivity index (χ1v) is 8.85. The maximum absolute atomic E-state index is 5.72. The summed E-state index contributed by atoms with van der Waals surface area (Å²) in [6.07, 6.45) is 3.60. The zero-order valence-electron chi connectivity index (χ0n) is 15.6. The third-order valence-corrected chi connectivity index (χ3v) is 4.86. The van der Waals surface area contributed by atoms with Gasteiger partial charge >= 0.3 is 0 Å². The van der Waals surface area contributed by atoms with Gasteiger partial charge in [0.15, 0.2) is 11.4 Å². The first-order valence-electron chi connectivity index (χ1n) is 8.85. The second-order valence-corrected chi connectivity index (χ2v) is 7.14. The van der Waals surface area contributed by atoms with E-state index < -0.39 is 0 Å². The summed E-state index contributed by atoms with van der Waals surface area (Å²) in [7, 11) is 1.66. The molecular weight excluding hydrogens is 340 g/mol. The predicted octanol–water partition coefficient (Wildman–Crippen LogP) is 4.62. The summed E-state index contributed by atoms with van der Waals surface area (Å²) in [5.74, 6) is 1.39. The van der Waals surface area contributed by atoms with Crippen LogP contribution < -0.4 is 10.1 Å². The molecule has 2 heterocycles. The number of benzene rings is 2. The van der Waals surface area contributed by atoms with E-state index in [0.717, 1.165) is 22.3 Å². The number of H-pyrrole nitrogens is 1. The van der Waals surface area contributed by atoms with Crippen LogP contribution in [0.4, 0.5) is 5.82 Å². The van der Waals surface area contributed by atoms with Crippen LogP contribution in [0.1, 0.15) is 19.4 Å². The Balaban J connectivity index is 1.69. The van der Waals surface area contributed by atoms with Gasteiger partial charge in [-0.1, -0.05) is 49.3 Å². The molecule has 6 nitrogen and oxygen atoms in total. The van der Waals surface area contributed by atoms with Gasteiger partial charge in [-0.05, 0) is 17.7 Å². The highest BCUT2D eigenvalue weighted by atomic mass is 16.5. The summed E-state index contributed by atoms with van der Waals surface area (Å²) >= 11 is 0. The normalized spacial score (nSPS) is 11.7. The molecule has 2 aromatic heterocycles. The number of hydrogen-bond acceptors (Lipinski definition) is 5. The van der Waals surface area contributed by atoms with Crippen LogP contribution >= 0.6 is 0 Å². The van der Waals surface area contributed by atoms with Crippen molar-refractivity contribution >= 4 is 16.8 Å². The van der Waals surface area contributed by atoms with Crippen molar-refractivity contribution in [3.63, 3.8) is 0 Å². The Morgan fingerprint density at radius 1 is 1.15 bits per heavy atom. The Labute approximate surface area is 157 Å². The second kappa shape index (κ2) is 6.79. The van der Waals surface area contributed by atoms with Crippen molar-refractivity contribution in [3.05, 3.63) is 60.4 Å². The minimum absolute atomic E-state index is 0.0675. The van der Waals surface area contributed by atoms with Crippen molar-refractivity contribution in [2.45, 2.75) is 19.3 Å². The van der Waals surface area contributed by atoms with Crippen LogP contribution in [0.25, 0.3) is 22.1 Å². The third-order valence-electron chi connectivity index (χ3n) is 4.86. The fourth-order valence-corrected chi connectivity index (χ4v) is 3.26. The van der Waals surface area contributed by atoms with Crippen LogP contribution in [0.2, 0.25) is 0 Å². The zero-order valence-corrected chi connectivity index (χ0v) is 15.6. The predicted molar refractivity (Wildman–Crippen MR) is 106 cm³/mol. The van der Waals surface area contributed by atoms with E-state index in [1.807, 2.05) is 24.4 Å². The molecule has 138 valence electrons. The first-order chi connectivity index (χ1) is 13.1. The van der Waals surface area contributed by atoms with Crippen molar-refractivity contribution in [1.29, 1.82) is 0 Å². The Morgan fingerprint density at radius 3 is 2.67 bits per heavy atom. The minimum atomic E-state index is -0.0675. The molecule has 0 aliphatic carbocycles. The van der Waals surface area contributed by atoms with Gasteiger partial charge in [-0.25, -0.2) is 0 Å². The van der Waals surface area contributed by atoms with Crippen molar-refractivity contribution in [1.82, 2.24) is 15.4 Å². The Bertz CT molecular complexity index is 1040. The van der Waals surface area contributed by atoms with Crippen molar-refractivity contribution in [2.24, 2.45) is 0 Å². The Hall–Kier alpha value is -3.28. The van der Waals surface area contributed by atoms with Gasteiger partial charge in [-0.3, -0.25) is 5.10 Å². The topological polar surface area (TPSA) is 76.0 Å². The van der Waals surface area contributed by atoms with Crippen LogP contribution in [0, 0.1) is 0 Å². The van der Waals surface area contributed by atoms with Gasteiger partial charge in [0.1, 0.15) is 11.1 Å². The number of rotatable bonds is 6. The quantitative estimate of drug-likeness (QED) is 0.523. The van der Waals surface area contributed by atoms with Crippen LogP contribution in [-0.4, -0.2) is 29.0 Å². The van der Waals surface area contributed by atoms with Crippen LogP contribution in [-0.2, 0) is 5.41 Å². The number of hydrogen-bond donors (Lipinski definition) is 2. The first kappa shape index (κ1) is 17.1. The summed E-state index contributed by atoms with van der Waals surface area (Å²) in [5, 5.41) is 15.4. The molecule has 0 radical (unpaired) electrons. The highest BCUT2D eigenvalue weighted by molar-refractivity contribution is 5.99. The van der Waals surface area contributed by atoms with Crippen molar-refractivity contribution in [2.75, 3.05) is 19.0 Å². The average Bonchev–Trinajstić information content (AvgIpc) is 3.36. The van der Waals surface area contributed by atoms with E-state index in [1.54, 1.807) is 13.3 Å². The average molecular weight is 362 g/mol. The molecule has 0 aliphatic rings. The molecule has 0 aliphatic heterocycles. The smallest absolute Gasteiger partial charge is 0.181 e. The van der Waals surface area contributed by atoms with Crippen molar-refractivity contribution in [3.8, 4) is 16.9 Å². The van der Waals surface area contributed by atoms with Gasteiger partial charge in [0.2, 0.25) is 0 Å². The third kappa shape index (κ3) is 3.14. The number of fused-ring (bicyclic) bond motifs is 1. The van der Waals surface area contributed by atoms with Gasteiger partial charge in [-0.2, -0.15) is 5.10 Å². The number of anilines is 1. The lowest BCUT2D eigenvalue weighted by Gasteiger charge is -2.25. The van der Waals surface area contributed by atoms with E-state index in [0.29, 0.717) is 17.9 Å². The summed E-state index contributed by atoms with van der Waals surface area (Å²) in [5.41, 5.74) is 3.76. The van der Waals surface area contributed by atoms with Gasteiger partial charge in [0.05, 0.1) is 13.3 Å². The number of ether oxygens (including phenoxy) is 1. The largest absolute Gasteiger partial charge is 0.495 e. The summed E-state index contributed by atoms with van der Waals surface area (Å²) in [4.78, 5) is 0. The molecule has 0 spiro atoms. The number of nitrogens with zero attached hydrogens (tertiary/aromatic N) is 2. The standard InChI is InChI=1S/C21H22N4O2/c1-21(2,15-7-5-4-6-8-15)13-22-20-18-17(27-25-20)10-9-16(19(18)26-3)14-11-23-24-12-14/h4-12H,13H2,1-3H3,(H,22,25)(H,23,24). The SMILES string of the molecule is COc1c(-c2cn[nH]c2)ccc2onc(NCC(C)(C)c3ccccc3)c12. The number of aromatic nitrogens is 3. The zero-order chi connectivity index (χ0) is 18.9. The summed E-state index contributed by atoms with van der Waals surface area (Å²) in [6.45, 7) is 5.11. The molecule has 4 rings (SSSR count). The lowest BCUT2D eigenvalue weighted by Crippen LogP contribution is -2.27. The molecule has 2 aromatic carbocycles. The molecule has 0 unspecified atom stereocenters. The van der Waals surface area contributed by atoms with Crippen LogP contribution in [0.15, 0.2) is 59.4 Å². The lowest BCUT2D eigenvalue weighted by atomic mass is 9.84. The highest BCUT2D eigenvalue weighted by Crippen LogP contribution is 2.40. The molecule has 27 heavy (non-hydrogen) atoms. The molecule has 0 saturated heterocycles.